The molecule has 1 aliphatic carbocycles. The monoisotopic (exact) mass is 340 g/mol. The lowest BCUT2D eigenvalue weighted by Crippen LogP contribution is -2.25. The molecule has 1 aliphatic rings. The van der Waals surface area contributed by atoms with Gasteiger partial charge in [-0.3, -0.25) is 0 Å². The molecule has 3 nitrogen and oxygen atoms in total. The first kappa shape index (κ1) is 15.8. The van der Waals surface area contributed by atoms with Gasteiger partial charge in [0.05, 0.1) is 12.3 Å². The Labute approximate surface area is 130 Å². The number of methoxy groups -OCH3 is 1. The maximum Gasteiger partial charge on any atom is 0.0587 e. The topological polar surface area (TPSA) is 24.5 Å². The highest BCUT2D eigenvalue weighted by atomic mass is 79.9. The van der Waals surface area contributed by atoms with Crippen molar-refractivity contribution >= 4 is 21.6 Å². The van der Waals surface area contributed by atoms with Crippen molar-refractivity contribution in [2.45, 2.75) is 26.3 Å². The van der Waals surface area contributed by atoms with Gasteiger partial charge in [0.1, 0.15) is 0 Å². The van der Waals surface area contributed by atoms with Crippen molar-refractivity contribution in [1.82, 2.24) is 5.32 Å². The van der Waals surface area contributed by atoms with Crippen molar-refractivity contribution < 1.29 is 4.74 Å². The number of ether oxygens (including phenoxy) is 1. The summed E-state index contributed by atoms with van der Waals surface area (Å²) < 4.78 is 6.23. The molecular weight excluding hydrogens is 316 g/mol. The van der Waals surface area contributed by atoms with Crippen LogP contribution in [0.2, 0.25) is 0 Å². The molecule has 0 aliphatic heterocycles. The Hall–Kier alpha value is -0.580. The van der Waals surface area contributed by atoms with Gasteiger partial charge >= 0.3 is 0 Å². The van der Waals surface area contributed by atoms with Crippen LogP contribution in [0.25, 0.3) is 0 Å². The zero-order valence-electron chi connectivity index (χ0n) is 12.5. The molecular formula is C16H25BrN2O. The van der Waals surface area contributed by atoms with Crippen LogP contribution in [-0.2, 0) is 11.3 Å². The van der Waals surface area contributed by atoms with Crippen LogP contribution in [0.3, 0.4) is 0 Å². The van der Waals surface area contributed by atoms with Crippen LogP contribution in [0.1, 0.15) is 25.3 Å². The largest absolute Gasteiger partial charge is 0.383 e. The summed E-state index contributed by atoms with van der Waals surface area (Å²) in [6.45, 7) is 7.02. The zero-order chi connectivity index (χ0) is 14.4. The van der Waals surface area contributed by atoms with Crippen molar-refractivity contribution in [1.29, 1.82) is 0 Å². The van der Waals surface area contributed by atoms with Crippen LogP contribution < -0.4 is 10.2 Å². The Bertz CT molecular complexity index is 421. The van der Waals surface area contributed by atoms with Gasteiger partial charge in [0.2, 0.25) is 0 Å². The highest BCUT2D eigenvalue weighted by molar-refractivity contribution is 9.10. The molecule has 1 saturated carbocycles. The molecule has 1 fully saturated rings. The molecule has 0 saturated heterocycles. The van der Waals surface area contributed by atoms with Crippen molar-refractivity contribution in [2.24, 2.45) is 5.92 Å². The Morgan fingerprint density at radius 1 is 1.40 bits per heavy atom. The summed E-state index contributed by atoms with van der Waals surface area (Å²) in [5.74, 6) is 0.914. The third-order valence-corrected chi connectivity index (χ3v) is 4.36. The van der Waals surface area contributed by atoms with Crippen LogP contribution in [0.5, 0.6) is 0 Å². The first-order chi connectivity index (χ1) is 9.74. The summed E-state index contributed by atoms with van der Waals surface area (Å²) in [6, 6.07) is 6.68. The van der Waals surface area contributed by atoms with E-state index in [4.69, 9.17) is 4.74 Å². The molecule has 112 valence electrons. The lowest BCUT2D eigenvalue weighted by atomic mass is 10.2. The number of hydrogen-bond donors (Lipinski definition) is 1. The molecule has 20 heavy (non-hydrogen) atoms. The van der Waals surface area contributed by atoms with Crippen LogP contribution in [0.15, 0.2) is 22.7 Å². The van der Waals surface area contributed by atoms with E-state index in [2.05, 4.69) is 51.3 Å². The zero-order valence-corrected chi connectivity index (χ0v) is 14.1. The van der Waals surface area contributed by atoms with E-state index in [0.29, 0.717) is 0 Å². The predicted molar refractivity (Wildman–Crippen MR) is 88.3 cm³/mol. The van der Waals surface area contributed by atoms with Crippen molar-refractivity contribution in [3.05, 3.63) is 28.2 Å². The minimum absolute atomic E-state index is 0.754. The number of hydrogen-bond acceptors (Lipinski definition) is 3. The van der Waals surface area contributed by atoms with Gasteiger partial charge in [0, 0.05) is 37.8 Å². The lowest BCUT2D eigenvalue weighted by Gasteiger charge is -2.24. The fourth-order valence-corrected chi connectivity index (χ4v) is 3.01. The highest BCUT2D eigenvalue weighted by Crippen LogP contribution is 2.34. The SMILES string of the molecule is CCN(CC1CC1)c1ccc(CNCCOC)cc1Br. The molecule has 0 spiro atoms. The van der Waals surface area contributed by atoms with Gasteiger partial charge in [-0.05, 0) is 59.3 Å². The summed E-state index contributed by atoms with van der Waals surface area (Å²) in [5.41, 5.74) is 2.62. The van der Waals surface area contributed by atoms with Crippen molar-refractivity contribution in [3.63, 3.8) is 0 Å². The van der Waals surface area contributed by atoms with Crippen LogP contribution in [0, 0.1) is 5.92 Å². The molecule has 1 aromatic carbocycles. The van der Waals surface area contributed by atoms with Gasteiger partial charge in [-0.25, -0.2) is 0 Å². The van der Waals surface area contributed by atoms with Gasteiger partial charge in [0.25, 0.3) is 0 Å². The summed E-state index contributed by atoms with van der Waals surface area (Å²) in [7, 11) is 1.73. The fraction of sp³-hybridized carbons (Fsp3) is 0.625. The fourth-order valence-electron chi connectivity index (χ4n) is 2.33. The first-order valence-corrected chi connectivity index (χ1v) is 8.27. The third-order valence-electron chi connectivity index (χ3n) is 3.72. The number of anilines is 1. The van der Waals surface area contributed by atoms with Crippen LogP contribution in [-0.4, -0.2) is 33.4 Å². The molecule has 0 atom stereocenters. The third kappa shape index (κ3) is 4.76. The molecule has 1 aromatic rings. The van der Waals surface area contributed by atoms with E-state index in [9.17, 15) is 0 Å². The van der Waals surface area contributed by atoms with E-state index >= 15 is 0 Å². The van der Waals surface area contributed by atoms with Crippen LogP contribution in [0.4, 0.5) is 5.69 Å². The molecule has 1 N–H and O–H groups in total. The predicted octanol–water partition coefficient (Wildman–Crippen LogP) is 3.42. The minimum Gasteiger partial charge on any atom is -0.383 e. The lowest BCUT2D eigenvalue weighted by molar-refractivity contribution is 0.199. The molecule has 0 aromatic heterocycles. The van der Waals surface area contributed by atoms with E-state index in [0.717, 1.165) is 32.2 Å². The van der Waals surface area contributed by atoms with E-state index in [1.807, 2.05) is 0 Å². The molecule has 2 rings (SSSR count). The summed E-state index contributed by atoms with van der Waals surface area (Å²) in [4.78, 5) is 2.48. The summed E-state index contributed by atoms with van der Waals surface area (Å²) >= 11 is 3.73. The summed E-state index contributed by atoms with van der Waals surface area (Å²) in [6.07, 6.45) is 2.80. The second-order valence-electron chi connectivity index (χ2n) is 5.44. The van der Waals surface area contributed by atoms with Gasteiger partial charge < -0.3 is 15.0 Å². The second kappa shape index (κ2) is 8.01. The normalized spacial score (nSPS) is 14.6. The number of nitrogens with one attached hydrogen (secondary N) is 1. The molecule has 0 unspecified atom stereocenters. The average Bonchev–Trinajstić information content (AvgIpc) is 3.26. The van der Waals surface area contributed by atoms with Gasteiger partial charge in [-0.1, -0.05) is 6.07 Å². The Morgan fingerprint density at radius 2 is 2.20 bits per heavy atom. The number of benzene rings is 1. The van der Waals surface area contributed by atoms with Crippen molar-refractivity contribution in [3.8, 4) is 0 Å². The number of halogens is 1. The maximum atomic E-state index is 5.03. The van der Waals surface area contributed by atoms with E-state index in [1.54, 1.807) is 7.11 Å². The Balaban J connectivity index is 1.93. The average molecular weight is 341 g/mol. The second-order valence-corrected chi connectivity index (χ2v) is 6.29. The van der Waals surface area contributed by atoms with E-state index in [-0.39, 0.29) is 0 Å². The quantitative estimate of drug-likeness (QED) is 0.697. The smallest absolute Gasteiger partial charge is 0.0587 e. The van der Waals surface area contributed by atoms with Gasteiger partial charge in [-0.2, -0.15) is 0 Å². The molecule has 4 heteroatoms. The first-order valence-electron chi connectivity index (χ1n) is 7.47. The Morgan fingerprint density at radius 3 is 2.80 bits per heavy atom. The molecule has 0 bridgehead atoms. The minimum atomic E-state index is 0.754. The van der Waals surface area contributed by atoms with E-state index in [1.165, 1.54) is 35.1 Å². The van der Waals surface area contributed by atoms with Gasteiger partial charge in [0.15, 0.2) is 0 Å². The van der Waals surface area contributed by atoms with Crippen molar-refractivity contribution in [2.75, 3.05) is 38.3 Å². The standard InChI is InChI=1S/C16H25BrN2O/c1-3-19(12-13-4-5-13)16-7-6-14(10-15(16)17)11-18-8-9-20-2/h6-7,10,13,18H,3-5,8-9,11-12H2,1-2H3. The molecule has 0 amide bonds. The molecule has 0 heterocycles. The molecule has 0 radical (unpaired) electrons. The van der Waals surface area contributed by atoms with Crippen LogP contribution >= 0.6 is 15.9 Å². The van der Waals surface area contributed by atoms with E-state index < -0.39 is 0 Å². The highest BCUT2D eigenvalue weighted by Gasteiger charge is 2.24. The Kier molecular flexibility index (Phi) is 6.33. The van der Waals surface area contributed by atoms with Gasteiger partial charge in [-0.15, -0.1) is 0 Å². The number of nitrogens with zero attached hydrogens (tertiary/aromatic N) is 1. The summed E-state index contributed by atoms with van der Waals surface area (Å²) in [5, 5.41) is 3.38. The number of rotatable bonds is 9. The maximum absolute atomic E-state index is 5.03.